The van der Waals surface area contributed by atoms with Crippen molar-refractivity contribution in [2.45, 2.75) is 96.1 Å². The van der Waals surface area contributed by atoms with Crippen LogP contribution in [0.5, 0.6) is 0 Å². The Bertz CT molecular complexity index is 654. The highest BCUT2D eigenvalue weighted by Crippen LogP contribution is 2.70. The Labute approximate surface area is 161 Å². The highest BCUT2D eigenvalue weighted by molar-refractivity contribution is 5.86. The lowest BCUT2D eigenvalue weighted by atomic mass is 9.42. The summed E-state index contributed by atoms with van der Waals surface area (Å²) in [5.74, 6) is 0.0152. The number of ketones is 1. The second kappa shape index (κ2) is 5.76. The first kappa shape index (κ1) is 19.8. The molecule has 0 aliphatic heterocycles. The Kier molecular flexibility index (Phi) is 4.22. The molecule has 0 saturated heterocycles. The minimum Gasteiger partial charge on any atom is -0.393 e. The number of halogens is 1. The summed E-state index contributed by atoms with van der Waals surface area (Å²) < 4.78 is 15.4. The largest absolute Gasteiger partial charge is 0.393 e. The molecule has 0 amide bonds. The molecule has 154 valence electrons. The second-order valence-corrected chi connectivity index (χ2v) is 10.7. The maximum absolute atomic E-state index is 15.4. The third kappa shape index (κ3) is 2.17. The van der Waals surface area contributed by atoms with Gasteiger partial charge in [-0.05, 0) is 69.1 Å². The molecule has 0 aromatic rings. The van der Waals surface area contributed by atoms with Gasteiger partial charge in [0, 0.05) is 17.3 Å². The zero-order valence-corrected chi connectivity index (χ0v) is 17.0. The third-order valence-electron chi connectivity index (χ3n) is 9.90. The van der Waals surface area contributed by atoms with Gasteiger partial charge in [0.05, 0.1) is 6.10 Å². The number of Topliss-reactive ketones (excluding diaryl/α,β-unsaturated/α-hetero) is 1. The van der Waals surface area contributed by atoms with E-state index >= 15 is 4.39 Å². The fraction of sp³-hybridized carbons (Fsp3) is 0.955. The molecule has 0 aromatic heterocycles. The van der Waals surface area contributed by atoms with Gasteiger partial charge in [-0.3, -0.25) is 4.79 Å². The fourth-order valence-corrected chi connectivity index (χ4v) is 8.30. The monoisotopic (exact) mass is 382 g/mol. The van der Waals surface area contributed by atoms with E-state index < -0.39 is 34.3 Å². The average Bonchev–Trinajstić information content (AvgIpc) is 2.80. The Morgan fingerprint density at radius 3 is 2.30 bits per heavy atom. The van der Waals surface area contributed by atoms with Crippen LogP contribution in [0.3, 0.4) is 0 Å². The van der Waals surface area contributed by atoms with E-state index in [0.717, 1.165) is 19.3 Å². The molecule has 4 nitrogen and oxygen atoms in total. The minimum atomic E-state index is -1.47. The second-order valence-electron chi connectivity index (χ2n) is 10.7. The molecule has 0 bridgehead atoms. The molecular formula is C22H35FO4. The number of aliphatic hydroxyl groups is 3. The lowest BCUT2D eigenvalue weighted by molar-refractivity contribution is -0.253. The zero-order valence-electron chi connectivity index (χ0n) is 17.0. The zero-order chi connectivity index (χ0) is 20.0. The van der Waals surface area contributed by atoms with Gasteiger partial charge in [-0.25, -0.2) is 4.39 Å². The van der Waals surface area contributed by atoms with E-state index in [1.165, 1.54) is 6.92 Å². The summed E-state index contributed by atoms with van der Waals surface area (Å²) in [4.78, 5) is 12.4. The van der Waals surface area contributed by atoms with Crippen LogP contribution in [0, 0.1) is 34.5 Å². The predicted molar refractivity (Wildman–Crippen MR) is 99.7 cm³/mol. The molecule has 0 unspecified atom stereocenters. The minimum absolute atomic E-state index is 0.0649. The Morgan fingerprint density at radius 2 is 1.67 bits per heavy atom. The van der Waals surface area contributed by atoms with Crippen molar-refractivity contribution in [1.29, 1.82) is 0 Å². The molecule has 0 spiro atoms. The molecule has 0 radical (unpaired) electrons. The number of carbonyl (C=O) groups excluding carboxylic acids is 1. The van der Waals surface area contributed by atoms with E-state index in [1.807, 2.05) is 20.8 Å². The van der Waals surface area contributed by atoms with Crippen molar-refractivity contribution in [1.82, 2.24) is 0 Å². The molecule has 27 heavy (non-hydrogen) atoms. The number of rotatable bonds is 1. The van der Waals surface area contributed by atoms with Crippen molar-refractivity contribution in [3.05, 3.63) is 0 Å². The highest BCUT2D eigenvalue weighted by Gasteiger charge is 2.72. The van der Waals surface area contributed by atoms with E-state index in [-0.39, 0.29) is 42.3 Å². The van der Waals surface area contributed by atoms with E-state index in [4.69, 9.17) is 0 Å². The summed E-state index contributed by atoms with van der Waals surface area (Å²) in [5.41, 5.74) is -3.90. The number of aliphatic hydroxyl groups excluding tert-OH is 1. The summed E-state index contributed by atoms with van der Waals surface area (Å²) in [6, 6.07) is 0. The number of fused-ring (bicyclic) bond motifs is 5. The first-order valence-electron chi connectivity index (χ1n) is 10.7. The van der Waals surface area contributed by atoms with Crippen LogP contribution in [0.25, 0.3) is 0 Å². The first-order valence-corrected chi connectivity index (χ1v) is 10.7. The molecule has 0 heterocycles. The van der Waals surface area contributed by atoms with Gasteiger partial charge in [0.25, 0.3) is 0 Å². The number of hydrogen-bond donors (Lipinski definition) is 3. The number of alkyl halides is 1. The molecule has 4 aliphatic carbocycles. The van der Waals surface area contributed by atoms with Gasteiger partial charge < -0.3 is 15.3 Å². The van der Waals surface area contributed by atoms with Crippen LogP contribution in [-0.4, -0.2) is 44.6 Å². The van der Waals surface area contributed by atoms with Gasteiger partial charge in [0.1, 0.15) is 17.4 Å². The highest BCUT2D eigenvalue weighted by atomic mass is 19.1. The van der Waals surface area contributed by atoms with Crippen LogP contribution in [0.2, 0.25) is 0 Å². The van der Waals surface area contributed by atoms with E-state index in [0.29, 0.717) is 12.8 Å². The smallest absolute Gasteiger partial charge is 0.162 e. The van der Waals surface area contributed by atoms with Crippen LogP contribution < -0.4 is 0 Å². The topological polar surface area (TPSA) is 77.8 Å². The quantitative estimate of drug-likeness (QED) is 0.651. The van der Waals surface area contributed by atoms with Crippen LogP contribution in [0.4, 0.5) is 4.39 Å². The first-order chi connectivity index (χ1) is 12.4. The average molecular weight is 383 g/mol. The van der Waals surface area contributed by atoms with Crippen molar-refractivity contribution < 1.29 is 24.5 Å². The lowest BCUT2D eigenvalue weighted by Crippen LogP contribution is -2.68. The van der Waals surface area contributed by atoms with Crippen molar-refractivity contribution in [3.63, 3.8) is 0 Å². The molecule has 4 saturated carbocycles. The fourth-order valence-electron chi connectivity index (χ4n) is 8.30. The predicted octanol–water partition coefficient (Wildman–Crippen LogP) is 3.02. The van der Waals surface area contributed by atoms with Gasteiger partial charge in [-0.15, -0.1) is 0 Å². The van der Waals surface area contributed by atoms with Crippen molar-refractivity contribution in [3.8, 4) is 0 Å². The summed E-state index contributed by atoms with van der Waals surface area (Å²) in [5, 5.41) is 32.8. The Morgan fingerprint density at radius 1 is 1.04 bits per heavy atom. The Balaban J connectivity index is 1.74. The summed E-state index contributed by atoms with van der Waals surface area (Å²) >= 11 is 0. The molecule has 5 heteroatoms. The molecule has 3 N–H and O–H groups in total. The van der Waals surface area contributed by atoms with Crippen LogP contribution in [0.1, 0.15) is 72.6 Å². The molecule has 10 atom stereocenters. The molecule has 0 aromatic carbocycles. The van der Waals surface area contributed by atoms with Gasteiger partial charge in [0.2, 0.25) is 0 Å². The molecular weight excluding hydrogens is 347 g/mol. The van der Waals surface area contributed by atoms with Gasteiger partial charge in [-0.1, -0.05) is 20.8 Å². The van der Waals surface area contributed by atoms with Gasteiger partial charge in [-0.2, -0.15) is 0 Å². The van der Waals surface area contributed by atoms with E-state index in [2.05, 4.69) is 0 Å². The SMILES string of the molecule is CC(=O)[C@]1(O)[C@H](C)C[C@H]2[C@@H]3C[C@@H](F)[C@]4(O)C[C@H](O)CC[C@]4(C)[C@H]3CC[C@@]21C. The normalized spacial score (nSPS) is 60.3. The van der Waals surface area contributed by atoms with E-state index in [9.17, 15) is 20.1 Å². The van der Waals surface area contributed by atoms with Gasteiger partial charge in [0.15, 0.2) is 5.78 Å². The molecule has 4 rings (SSSR count). The molecule has 4 fully saturated rings. The number of hydrogen-bond acceptors (Lipinski definition) is 4. The van der Waals surface area contributed by atoms with Crippen molar-refractivity contribution in [2.75, 3.05) is 0 Å². The van der Waals surface area contributed by atoms with Crippen LogP contribution >= 0.6 is 0 Å². The standard InChI is InChI=1S/C22H35FO4/c1-12-9-17-15-10-18(23)21(26)11-14(25)5-7-19(21,3)16(15)6-8-20(17,4)22(12,27)13(2)24/h12,14-18,25-27H,5-11H2,1-4H3/t12-,14-,15-,16+,17+,18-,19-,20+,21-,22-/m1/s1. The van der Waals surface area contributed by atoms with Gasteiger partial charge >= 0.3 is 0 Å². The number of carbonyl (C=O) groups is 1. The summed E-state index contributed by atoms with van der Waals surface area (Å²) in [7, 11) is 0. The third-order valence-corrected chi connectivity index (χ3v) is 9.90. The Hall–Kier alpha value is -0.520. The lowest BCUT2D eigenvalue weighted by Gasteiger charge is -2.65. The maximum atomic E-state index is 15.4. The molecule has 4 aliphatic rings. The summed E-state index contributed by atoms with van der Waals surface area (Å²) in [6.45, 7) is 7.47. The van der Waals surface area contributed by atoms with Crippen LogP contribution in [0.15, 0.2) is 0 Å². The summed E-state index contributed by atoms with van der Waals surface area (Å²) in [6.07, 6.45) is 1.85. The maximum Gasteiger partial charge on any atom is 0.162 e. The van der Waals surface area contributed by atoms with E-state index in [1.54, 1.807) is 0 Å². The van der Waals surface area contributed by atoms with Crippen molar-refractivity contribution in [2.24, 2.45) is 34.5 Å². The van der Waals surface area contributed by atoms with Crippen LogP contribution in [-0.2, 0) is 4.79 Å². The van der Waals surface area contributed by atoms with Crippen molar-refractivity contribution >= 4 is 5.78 Å².